The number of likely N-dealkylation sites (tertiary alicyclic amines) is 1. The molecule has 5 nitrogen and oxygen atoms in total. The summed E-state index contributed by atoms with van der Waals surface area (Å²) in [6.07, 6.45) is 8.27. The Balaban J connectivity index is 1.32. The van der Waals surface area contributed by atoms with E-state index < -0.39 is 0 Å². The zero-order valence-electron chi connectivity index (χ0n) is 14.5. The SMILES string of the molecule is COc1ccc(OC2CCN(Cc3cccn4ccnc34)CC2)cc1. The number of imidazole rings is 1. The molecule has 1 fully saturated rings. The van der Waals surface area contributed by atoms with Crippen molar-refractivity contribution < 1.29 is 9.47 Å². The Bertz CT molecular complexity index is 820. The third-order valence-corrected chi connectivity index (χ3v) is 4.79. The van der Waals surface area contributed by atoms with E-state index in [1.807, 2.05) is 42.9 Å². The van der Waals surface area contributed by atoms with Crippen molar-refractivity contribution in [3.8, 4) is 11.5 Å². The van der Waals surface area contributed by atoms with Gasteiger partial charge < -0.3 is 13.9 Å². The van der Waals surface area contributed by atoms with Gasteiger partial charge in [0.1, 0.15) is 23.3 Å². The van der Waals surface area contributed by atoms with Crippen LogP contribution in [0.3, 0.4) is 0 Å². The molecule has 0 atom stereocenters. The Hall–Kier alpha value is -2.53. The molecule has 4 rings (SSSR count). The molecule has 0 N–H and O–H groups in total. The van der Waals surface area contributed by atoms with E-state index in [-0.39, 0.29) is 6.10 Å². The highest BCUT2D eigenvalue weighted by Gasteiger charge is 2.21. The Kier molecular flexibility index (Phi) is 4.57. The molecule has 1 saturated heterocycles. The number of hydrogen-bond acceptors (Lipinski definition) is 4. The zero-order valence-corrected chi connectivity index (χ0v) is 14.5. The van der Waals surface area contributed by atoms with Gasteiger partial charge in [0.05, 0.1) is 7.11 Å². The molecule has 0 unspecified atom stereocenters. The average Bonchev–Trinajstić information content (AvgIpc) is 3.14. The molecule has 130 valence electrons. The van der Waals surface area contributed by atoms with Crippen LogP contribution in [0.5, 0.6) is 11.5 Å². The van der Waals surface area contributed by atoms with E-state index >= 15 is 0 Å². The predicted octanol–water partition coefficient (Wildman–Crippen LogP) is 3.39. The summed E-state index contributed by atoms with van der Waals surface area (Å²) in [7, 11) is 1.68. The van der Waals surface area contributed by atoms with Gasteiger partial charge in [-0.05, 0) is 43.2 Å². The van der Waals surface area contributed by atoms with E-state index in [1.165, 1.54) is 5.56 Å². The maximum Gasteiger partial charge on any atom is 0.141 e. The summed E-state index contributed by atoms with van der Waals surface area (Å²) < 4.78 is 13.4. The van der Waals surface area contributed by atoms with Crippen LogP contribution in [-0.4, -0.2) is 40.6 Å². The van der Waals surface area contributed by atoms with Gasteiger partial charge in [-0.1, -0.05) is 6.07 Å². The van der Waals surface area contributed by atoms with Gasteiger partial charge in [0.25, 0.3) is 0 Å². The Morgan fingerprint density at radius 3 is 2.56 bits per heavy atom. The third kappa shape index (κ3) is 3.61. The summed E-state index contributed by atoms with van der Waals surface area (Å²) in [6.45, 7) is 3.03. The van der Waals surface area contributed by atoms with Crippen LogP contribution in [0.15, 0.2) is 55.0 Å². The first-order valence-electron chi connectivity index (χ1n) is 8.75. The second kappa shape index (κ2) is 7.15. The second-order valence-electron chi connectivity index (χ2n) is 6.46. The van der Waals surface area contributed by atoms with E-state index in [0.717, 1.165) is 49.6 Å². The van der Waals surface area contributed by atoms with Crippen LogP contribution in [0.2, 0.25) is 0 Å². The summed E-state index contributed by atoms with van der Waals surface area (Å²) in [4.78, 5) is 6.95. The lowest BCUT2D eigenvalue weighted by atomic mass is 10.1. The fourth-order valence-corrected chi connectivity index (χ4v) is 3.40. The molecule has 1 aromatic carbocycles. The molecule has 25 heavy (non-hydrogen) atoms. The van der Waals surface area contributed by atoms with Crippen molar-refractivity contribution in [2.24, 2.45) is 0 Å². The molecule has 3 heterocycles. The van der Waals surface area contributed by atoms with Crippen LogP contribution in [0.1, 0.15) is 18.4 Å². The normalized spacial score (nSPS) is 16.2. The van der Waals surface area contributed by atoms with Crippen LogP contribution < -0.4 is 9.47 Å². The van der Waals surface area contributed by atoms with Crippen LogP contribution in [0.4, 0.5) is 0 Å². The number of aromatic nitrogens is 2. The monoisotopic (exact) mass is 337 g/mol. The minimum atomic E-state index is 0.284. The molecular weight excluding hydrogens is 314 g/mol. The van der Waals surface area contributed by atoms with Crippen molar-refractivity contribution in [1.82, 2.24) is 14.3 Å². The van der Waals surface area contributed by atoms with Crippen molar-refractivity contribution in [2.75, 3.05) is 20.2 Å². The predicted molar refractivity (Wildman–Crippen MR) is 97.1 cm³/mol. The van der Waals surface area contributed by atoms with Crippen molar-refractivity contribution in [3.05, 3.63) is 60.6 Å². The Morgan fingerprint density at radius 2 is 1.80 bits per heavy atom. The lowest BCUT2D eigenvalue weighted by Gasteiger charge is -2.32. The molecule has 0 aliphatic carbocycles. The van der Waals surface area contributed by atoms with Crippen molar-refractivity contribution >= 4 is 5.65 Å². The lowest BCUT2D eigenvalue weighted by Crippen LogP contribution is -2.37. The zero-order chi connectivity index (χ0) is 17.1. The van der Waals surface area contributed by atoms with E-state index in [1.54, 1.807) is 7.11 Å². The first-order valence-corrected chi connectivity index (χ1v) is 8.75. The highest BCUT2D eigenvalue weighted by Crippen LogP contribution is 2.23. The molecule has 1 aliphatic rings. The first kappa shape index (κ1) is 16.0. The quantitative estimate of drug-likeness (QED) is 0.715. The molecule has 2 aromatic heterocycles. The standard InChI is InChI=1S/C20H23N3O2/c1-24-17-4-6-18(7-5-17)25-19-8-12-22(13-9-19)15-16-3-2-11-23-14-10-21-20(16)23/h2-7,10-11,14,19H,8-9,12-13,15H2,1H3. The largest absolute Gasteiger partial charge is 0.497 e. The highest BCUT2D eigenvalue weighted by molar-refractivity contribution is 5.47. The van der Waals surface area contributed by atoms with E-state index in [4.69, 9.17) is 9.47 Å². The first-order chi connectivity index (χ1) is 12.3. The summed E-state index contributed by atoms with van der Waals surface area (Å²) in [5.74, 6) is 1.77. The smallest absolute Gasteiger partial charge is 0.141 e. The number of rotatable bonds is 5. The number of methoxy groups -OCH3 is 1. The van der Waals surface area contributed by atoms with E-state index in [9.17, 15) is 0 Å². The van der Waals surface area contributed by atoms with Crippen LogP contribution in [-0.2, 0) is 6.54 Å². The molecule has 0 saturated carbocycles. The number of nitrogens with zero attached hydrogens (tertiary/aromatic N) is 3. The minimum Gasteiger partial charge on any atom is -0.497 e. The van der Waals surface area contributed by atoms with Crippen LogP contribution in [0.25, 0.3) is 5.65 Å². The van der Waals surface area contributed by atoms with Gasteiger partial charge in [0, 0.05) is 43.8 Å². The second-order valence-corrected chi connectivity index (χ2v) is 6.46. The number of benzene rings is 1. The van der Waals surface area contributed by atoms with E-state index in [2.05, 4.69) is 26.4 Å². The van der Waals surface area contributed by atoms with Gasteiger partial charge in [0.15, 0.2) is 0 Å². The number of piperidine rings is 1. The molecule has 0 radical (unpaired) electrons. The van der Waals surface area contributed by atoms with E-state index in [0.29, 0.717) is 0 Å². The molecule has 5 heteroatoms. The molecule has 0 amide bonds. The highest BCUT2D eigenvalue weighted by atomic mass is 16.5. The van der Waals surface area contributed by atoms with Gasteiger partial charge >= 0.3 is 0 Å². The van der Waals surface area contributed by atoms with Gasteiger partial charge in [-0.15, -0.1) is 0 Å². The number of ether oxygens (including phenoxy) is 2. The van der Waals surface area contributed by atoms with Crippen molar-refractivity contribution in [2.45, 2.75) is 25.5 Å². The maximum atomic E-state index is 6.11. The fraction of sp³-hybridized carbons (Fsp3) is 0.350. The fourth-order valence-electron chi connectivity index (χ4n) is 3.40. The maximum absolute atomic E-state index is 6.11. The Labute approximate surface area is 147 Å². The van der Waals surface area contributed by atoms with Crippen LogP contribution >= 0.6 is 0 Å². The number of fused-ring (bicyclic) bond motifs is 1. The van der Waals surface area contributed by atoms with Gasteiger partial charge in [-0.3, -0.25) is 4.90 Å². The van der Waals surface area contributed by atoms with Crippen molar-refractivity contribution in [1.29, 1.82) is 0 Å². The third-order valence-electron chi connectivity index (χ3n) is 4.79. The van der Waals surface area contributed by atoms with Crippen LogP contribution in [0, 0.1) is 0 Å². The topological polar surface area (TPSA) is 39.0 Å². The summed E-state index contributed by atoms with van der Waals surface area (Å²) in [6, 6.07) is 12.1. The summed E-state index contributed by atoms with van der Waals surface area (Å²) in [5, 5.41) is 0. The number of hydrogen-bond donors (Lipinski definition) is 0. The minimum absolute atomic E-state index is 0.284. The van der Waals surface area contributed by atoms with Crippen molar-refractivity contribution in [3.63, 3.8) is 0 Å². The summed E-state index contributed by atoms with van der Waals surface area (Å²) in [5.41, 5.74) is 2.33. The van der Waals surface area contributed by atoms with Gasteiger partial charge in [0.2, 0.25) is 0 Å². The summed E-state index contributed by atoms with van der Waals surface area (Å²) >= 11 is 0. The van der Waals surface area contributed by atoms with Gasteiger partial charge in [-0.2, -0.15) is 0 Å². The van der Waals surface area contributed by atoms with Gasteiger partial charge in [-0.25, -0.2) is 4.98 Å². The molecule has 1 aliphatic heterocycles. The Morgan fingerprint density at radius 1 is 1.04 bits per heavy atom. The molecule has 0 spiro atoms. The molecule has 3 aromatic rings. The average molecular weight is 337 g/mol. The molecular formula is C20H23N3O2. The number of pyridine rings is 1. The lowest BCUT2D eigenvalue weighted by molar-refractivity contribution is 0.0969. The molecule has 0 bridgehead atoms.